The summed E-state index contributed by atoms with van der Waals surface area (Å²) in [7, 11) is 3.11. The van der Waals surface area contributed by atoms with E-state index in [0.29, 0.717) is 11.5 Å². The van der Waals surface area contributed by atoms with Crippen LogP contribution in [-0.4, -0.2) is 50.7 Å². The molecule has 1 aliphatic rings. The standard InChI is InChI=1S/C17H21NO5/c1-21-14-9-13(10-15(11-14)22-2)5-6-17(20)23-12-16(19)18-7-3-4-8-18/h5-6,9-11H,3-4,7-8,12H2,1-2H3/b6-5+. The Morgan fingerprint density at radius 1 is 1.09 bits per heavy atom. The maximum Gasteiger partial charge on any atom is 0.331 e. The number of carbonyl (C=O) groups is 2. The number of carbonyl (C=O) groups excluding carboxylic acids is 2. The highest BCUT2D eigenvalue weighted by molar-refractivity contribution is 5.89. The zero-order chi connectivity index (χ0) is 16.7. The lowest BCUT2D eigenvalue weighted by molar-refractivity contribution is -0.147. The van der Waals surface area contributed by atoms with Gasteiger partial charge in [-0.2, -0.15) is 0 Å². The van der Waals surface area contributed by atoms with Gasteiger partial charge in [-0.15, -0.1) is 0 Å². The average Bonchev–Trinajstić information content (AvgIpc) is 3.12. The Morgan fingerprint density at radius 2 is 1.70 bits per heavy atom. The highest BCUT2D eigenvalue weighted by Crippen LogP contribution is 2.23. The van der Waals surface area contributed by atoms with Crippen molar-refractivity contribution in [3.63, 3.8) is 0 Å². The van der Waals surface area contributed by atoms with E-state index in [9.17, 15) is 9.59 Å². The zero-order valence-electron chi connectivity index (χ0n) is 13.4. The molecule has 1 heterocycles. The Morgan fingerprint density at radius 3 is 2.26 bits per heavy atom. The van der Waals surface area contributed by atoms with E-state index in [-0.39, 0.29) is 12.5 Å². The van der Waals surface area contributed by atoms with Gasteiger partial charge in [-0.3, -0.25) is 4.79 Å². The third-order valence-corrected chi connectivity index (χ3v) is 3.58. The van der Waals surface area contributed by atoms with Crippen molar-refractivity contribution in [2.24, 2.45) is 0 Å². The number of hydrogen-bond donors (Lipinski definition) is 0. The fourth-order valence-electron chi connectivity index (χ4n) is 2.33. The van der Waals surface area contributed by atoms with Crippen molar-refractivity contribution in [2.75, 3.05) is 33.9 Å². The van der Waals surface area contributed by atoms with Crippen molar-refractivity contribution >= 4 is 18.0 Å². The quantitative estimate of drug-likeness (QED) is 0.592. The van der Waals surface area contributed by atoms with Crippen LogP contribution < -0.4 is 9.47 Å². The second-order valence-electron chi connectivity index (χ2n) is 5.17. The summed E-state index contributed by atoms with van der Waals surface area (Å²) in [6, 6.07) is 5.27. The van der Waals surface area contributed by atoms with Crippen molar-refractivity contribution in [3.05, 3.63) is 29.8 Å². The fourth-order valence-corrected chi connectivity index (χ4v) is 2.33. The molecule has 1 aromatic carbocycles. The Labute approximate surface area is 135 Å². The van der Waals surface area contributed by atoms with E-state index < -0.39 is 5.97 Å². The highest BCUT2D eigenvalue weighted by Gasteiger charge is 2.18. The van der Waals surface area contributed by atoms with Gasteiger partial charge in [-0.05, 0) is 36.6 Å². The molecule has 0 unspecified atom stereocenters. The minimum Gasteiger partial charge on any atom is -0.497 e. The number of ether oxygens (including phenoxy) is 3. The van der Waals surface area contributed by atoms with Crippen LogP contribution in [0.2, 0.25) is 0 Å². The summed E-state index contributed by atoms with van der Waals surface area (Å²) in [5.41, 5.74) is 0.740. The molecule has 0 atom stereocenters. The molecule has 2 rings (SSSR count). The van der Waals surface area contributed by atoms with Crippen molar-refractivity contribution in [1.29, 1.82) is 0 Å². The van der Waals surface area contributed by atoms with Gasteiger partial charge in [0.15, 0.2) is 6.61 Å². The van der Waals surface area contributed by atoms with E-state index in [1.807, 2.05) is 0 Å². The largest absolute Gasteiger partial charge is 0.497 e. The van der Waals surface area contributed by atoms with Gasteiger partial charge in [-0.25, -0.2) is 4.79 Å². The molecule has 0 spiro atoms. The molecule has 1 aliphatic heterocycles. The molecule has 0 radical (unpaired) electrons. The van der Waals surface area contributed by atoms with Crippen LogP contribution in [0.1, 0.15) is 18.4 Å². The van der Waals surface area contributed by atoms with Crippen LogP contribution in [-0.2, 0) is 14.3 Å². The Bertz CT molecular complexity index is 568. The monoisotopic (exact) mass is 319 g/mol. The molecule has 0 aromatic heterocycles. The van der Waals surface area contributed by atoms with Crippen LogP contribution in [0.4, 0.5) is 0 Å². The number of amides is 1. The molecule has 1 amide bonds. The van der Waals surface area contributed by atoms with Crippen molar-refractivity contribution < 1.29 is 23.8 Å². The fraction of sp³-hybridized carbons (Fsp3) is 0.412. The lowest BCUT2D eigenvalue weighted by atomic mass is 10.2. The molecule has 0 N–H and O–H groups in total. The van der Waals surface area contributed by atoms with Gasteiger partial charge >= 0.3 is 5.97 Å². The molecular formula is C17H21NO5. The Hall–Kier alpha value is -2.50. The molecule has 0 aliphatic carbocycles. The van der Waals surface area contributed by atoms with Crippen LogP contribution in [0, 0.1) is 0 Å². The Kier molecular flexibility index (Phi) is 6.02. The summed E-state index contributed by atoms with van der Waals surface area (Å²) in [5.74, 6) is 0.551. The molecule has 23 heavy (non-hydrogen) atoms. The number of likely N-dealkylation sites (tertiary alicyclic amines) is 1. The van der Waals surface area contributed by atoms with E-state index in [1.165, 1.54) is 6.08 Å². The Balaban J connectivity index is 1.89. The minimum atomic E-state index is -0.556. The van der Waals surface area contributed by atoms with Gasteiger partial charge in [0.1, 0.15) is 11.5 Å². The van der Waals surface area contributed by atoms with Crippen molar-refractivity contribution in [2.45, 2.75) is 12.8 Å². The van der Waals surface area contributed by atoms with Crippen molar-refractivity contribution in [1.82, 2.24) is 4.90 Å². The van der Waals surface area contributed by atoms with Crippen LogP contribution in [0.3, 0.4) is 0 Å². The number of nitrogens with zero attached hydrogens (tertiary/aromatic N) is 1. The number of benzene rings is 1. The van der Waals surface area contributed by atoms with E-state index in [2.05, 4.69) is 0 Å². The summed E-state index contributed by atoms with van der Waals surface area (Å²) >= 11 is 0. The SMILES string of the molecule is COc1cc(/C=C/C(=O)OCC(=O)N2CCCC2)cc(OC)c1. The zero-order valence-corrected chi connectivity index (χ0v) is 13.4. The van der Waals surface area contributed by atoms with E-state index in [1.54, 1.807) is 43.4 Å². The predicted molar refractivity (Wildman–Crippen MR) is 85.4 cm³/mol. The van der Waals surface area contributed by atoms with Gasteiger partial charge in [0.25, 0.3) is 5.91 Å². The first kappa shape index (κ1) is 16.9. The third kappa shape index (κ3) is 5.02. The third-order valence-electron chi connectivity index (χ3n) is 3.58. The van der Waals surface area contributed by atoms with Crippen LogP contribution in [0.5, 0.6) is 11.5 Å². The molecular weight excluding hydrogens is 298 g/mol. The molecule has 1 aromatic rings. The highest BCUT2D eigenvalue weighted by atomic mass is 16.5. The molecule has 6 heteroatoms. The molecule has 6 nitrogen and oxygen atoms in total. The number of esters is 1. The minimum absolute atomic E-state index is 0.146. The molecule has 0 saturated carbocycles. The van der Waals surface area contributed by atoms with Gasteiger partial charge in [0.2, 0.25) is 0 Å². The lowest BCUT2D eigenvalue weighted by Crippen LogP contribution is -2.31. The molecule has 124 valence electrons. The van der Waals surface area contributed by atoms with Gasteiger partial charge < -0.3 is 19.1 Å². The van der Waals surface area contributed by atoms with Gasteiger partial charge in [0, 0.05) is 25.2 Å². The van der Waals surface area contributed by atoms with Crippen LogP contribution >= 0.6 is 0 Å². The maximum atomic E-state index is 11.8. The number of hydrogen-bond acceptors (Lipinski definition) is 5. The predicted octanol–water partition coefficient (Wildman–Crippen LogP) is 1.88. The first-order valence-corrected chi connectivity index (χ1v) is 7.48. The maximum absolute atomic E-state index is 11.8. The summed E-state index contributed by atoms with van der Waals surface area (Å²) in [6.45, 7) is 1.27. The first-order valence-electron chi connectivity index (χ1n) is 7.48. The molecule has 1 fully saturated rings. The van der Waals surface area contributed by atoms with Gasteiger partial charge in [-0.1, -0.05) is 0 Å². The van der Waals surface area contributed by atoms with Crippen LogP contribution in [0.25, 0.3) is 6.08 Å². The van der Waals surface area contributed by atoms with Gasteiger partial charge in [0.05, 0.1) is 14.2 Å². The summed E-state index contributed by atoms with van der Waals surface area (Å²) in [6.07, 6.45) is 4.90. The smallest absolute Gasteiger partial charge is 0.331 e. The lowest BCUT2D eigenvalue weighted by Gasteiger charge is -2.14. The van der Waals surface area contributed by atoms with Crippen molar-refractivity contribution in [3.8, 4) is 11.5 Å². The summed E-state index contributed by atoms with van der Waals surface area (Å²) in [5, 5.41) is 0. The topological polar surface area (TPSA) is 65.1 Å². The summed E-state index contributed by atoms with van der Waals surface area (Å²) < 4.78 is 15.3. The molecule has 1 saturated heterocycles. The normalized spacial score (nSPS) is 14.1. The van der Waals surface area contributed by atoms with E-state index >= 15 is 0 Å². The van der Waals surface area contributed by atoms with Crippen LogP contribution in [0.15, 0.2) is 24.3 Å². The second-order valence-corrected chi connectivity index (χ2v) is 5.17. The summed E-state index contributed by atoms with van der Waals surface area (Å²) in [4.78, 5) is 25.2. The second kappa shape index (κ2) is 8.22. The van der Waals surface area contributed by atoms with E-state index in [0.717, 1.165) is 31.5 Å². The molecule has 0 bridgehead atoms. The average molecular weight is 319 g/mol. The first-order chi connectivity index (χ1) is 11.1. The number of methoxy groups -OCH3 is 2. The number of rotatable bonds is 6. The van der Waals surface area contributed by atoms with E-state index in [4.69, 9.17) is 14.2 Å².